The van der Waals surface area contributed by atoms with Crippen LogP contribution in [-0.2, 0) is 20.0 Å². The van der Waals surface area contributed by atoms with Gasteiger partial charge in [-0.1, -0.05) is 20.3 Å². The van der Waals surface area contributed by atoms with E-state index in [0.29, 0.717) is 6.04 Å². The number of aryl methyl sites for hydroxylation is 2. The topological polar surface area (TPSA) is 33.1 Å². The summed E-state index contributed by atoms with van der Waals surface area (Å²) in [7, 11) is 2.05. The maximum absolute atomic E-state index is 4.59. The normalized spacial score (nSPS) is 19.8. The number of likely N-dealkylation sites (N-methyl/N-ethyl adjacent to an activating group) is 1. The molecule has 0 amide bonds. The summed E-state index contributed by atoms with van der Waals surface area (Å²) >= 11 is 3.72. The number of aromatic nitrogens is 2. The Morgan fingerprint density at radius 1 is 1.40 bits per heavy atom. The first-order valence-corrected chi connectivity index (χ1v) is 8.61. The van der Waals surface area contributed by atoms with Gasteiger partial charge in [-0.2, -0.15) is 5.10 Å². The second-order valence-electron chi connectivity index (χ2n) is 5.66. The van der Waals surface area contributed by atoms with Crippen molar-refractivity contribution in [2.75, 3.05) is 19.6 Å². The molecule has 1 aliphatic heterocycles. The van der Waals surface area contributed by atoms with Gasteiger partial charge in [0.05, 0.1) is 15.9 Å². The van der Waals surface area contributed by atoms with Crippen LogP contribution < -0.4 is 5.32 Å². The van der Waals surface area contributed by atoms with Crippen molar-refractivity contribution in [3.8, 4) is 0 Å². The maximum Gasteiger partial charge on any atom is 0.0767 e. The van der Waals surface area contributed by atoms with Crippen LogP contribution in [-0.4, -0.2) is 40.4 Å². The quantitative estimate of drug-likeness (QED) is 0.862. The molecule has 1 aromatic rings. The largest absolute Gasteiger partial charge is 0.313 e. The second kappa shape index (κ2) is 7.57. The summed E-state index contributed by atoms with van der Waals surface area (Å²) < 4.78 is 3.22. The molecular formula is C15H27BrN4. The highest BCUT2D eigenvalue weighted by Crippen LogP contribution is 2.23. The third-order valence-corrected chi connectivity index (χ3v) is 5.13. The monoisotopic (exact) mass is 342 g/mol. The molecule has 4 nitrogen and oxygen atoms in total. The summed E-state index contributed by atoms with van der Waals surface area (Å²) in [4.78, 5) is 2.52. The molecule has 0 radical (unpaired) electrons. The van der Waals surface area contributed by atoms with Gasteiger partial charge in [0.25, 0.3) is 0 Å². The highest BCUT2D eigenvalue weighted by atomic mass is 79.9. The minimum Gasteiger partial charge on any atom is -0.313 e. The number of rotatable bonds is 6. The Kier molecular flexibility index (Phi) is 6.05. The SMILES string of the molecule is CCc1nn(C)c(CN(CC)CC2CCCCN2)c1Br. The predicted octanol–water partition coefficient (Wildman–Crippen LogP) is 2.71. The lowest BCUT2D eigenvalue weighted by atomic mass is 10.0. The Morgan fingerprint density at radius 2 is 2.20 bits per heavy atom. The van der Waals surface area contributed by atoms with E-state index in [4.69, 9.17) is 0 Å². The Hall–Kier alpha value is -0.390. The molecule has 1 aliphatic rings. The number of piperidine rings is 1. The third-order valence-electron chi connectivity index (χ3n) is 4.21. The van der Waals surface area contributed by atoms with Crippen molar-refractivity contribution >= 4 is 15.9 Å². The third kappa shape index (κ3) is 3.83. The van der Waals surface area contributed by atoms with Crippen LogP contribution in [0.1, 0.15) is 44.5 Å². The van der Waals surface area contributed by atoms with Gasteiger partial charge in [-0.05, 0) is 48.3 Å². The molecule has 1 atom stereocenters. The lowest BCUT2D eigenvalue weighted by molar-refractivity contribution is 0.221. The van der Waals surface area contributed by atoms with E-state index >= 15 is 0 Å². The van der Waals surface area contributed by atoms with Crippen molar-refractivity contribution in [1.82, 2.24) is 20.0 Å². The second-order valence-corrected chi connectivity index (χ2v) is 6.45. The van der Waals surface area contributed by atoms with Crippen LogP contribution >= 0.6 is 15.9 Å². The first kappa shape index (κ1) is 16.0. The van der Waals surface area contributed by atoms with E-state index in [2.05, 4.69) is 45.1 Å². The molecule has 1 saturated heterocycles. The molecule has 1 unspecified atom stereocenters. The van der Waals surface area contributed by atoms with Gasteiger partial charge in [-0.25, -0.2) is 0 Å². The van der Waals surface area contributed by atoms with Crippen LogP contribution in [0.15, 0.2) is 4.47 Å². The van der Waals surface area contributed by atoms with E-state index in [0.717, 1.165) is 31.7 Å². The van der Waals surface area contributed by atoms with Gasteiger partial charge < -0.3 is 5.32 Å². The molecule has 0 spiro atoms. The summed E-state index contributed by atoms with van der Waals surface area (Å²) in [6, 6.07) is 0.654. The molecule has 2 heterocycles. The zero-order chi connectivity index (χ0) is 14.5. The summed E-state index contributed by atoms with van der Waals surface area (Å²) in [5.41, 5.74) is 2.45. The average Bonchev–Trinajstić information content (AvgIpc) is 2.74. The van der Waals surface area contributed by atoms with Crippen LogP contribution in [0.5, 0.6) is 0 Å². The molecule has 0 aliphatic carbocycles. The summed E-state index contributed by atoms with van der Waals surface area (Å²) in [5.74, 6) is 0. The lowest BCUT2D eigenvalue weighted by Crippen LogP contribution is -2.43. The van der Waals surface area contributed by atoms with Crippen LogP contribution in [0, 0.1) is 0 Å². The van der Waals surface area contributed by atoms with E-state index in [-0.39, 0.29) is 0 Å². The first-order valence-electron chi connectivity index (χ1n) is 7.81. The average molecular weight is 343 g/mol. The van der Waals surface area contributed by atoms with E-state index in [1.54, 1.807) is 0 Å². The fourth-order valence-electron chi connectivity index (χ4n) is 2.90. The fraction of sp³-hybridized carbons (Fsp3) is 0.800. The van der Waals surface area contributed by atoms with E-state index in [1.807, 2.05) is 11.7 Å². The van der Waals surface area contributed by atoms with Gasteiger partial charge in [0, 0.05) is 26.2 Å². The molecule has 1 aromatic heterocycles. The van der Waals surface area contributed by atoms with Crippen molar-refractivity contribution in [2.45, 2.75) is 52.1 Å². The van der Waals surface area contributed by atoms with Crippen LogP contribution in [0.3, 0.4) is 0 Å². The molecule has 114 valence electrons. The van der Waals surface area contributed by atoms with Gasteiger partial charge in [0.1, 0.15) is 0 Å². The number of hydrogen-bond acceptors (Lipinski definition) is 3. The summed E-state index contributed by atoms with van der Waals surface area (Å²) in [5, 5.41) is 8.23. The van der Waals surface area contributed by atoms with Gasteiger partial charge in [0.2, 0.25) is 0 Å². The first-order chi connectivity index (χ1) is 9.65. The highest BCUT2D eigenvalue weighted by Gasteiger charge is 2.19. The standard InChI is InChI=1S/C15H27BrN4/c1-4-13-15(16)14(19(3)18-13)11-20(5-2)10-12-8-6-7-9-17-12/h12,17H,4-11H2,1-3H3. The van der Waals surface area contributed by atoms with E-state index in [1.165, 1.54) is 36.0 Å². The van der Waals surface area contributed by atoms with Gasteiger partial charge in [-0.15, -0.1) is 0 Å². The van der Waals surface area contributed by atoms with Gasteiger partial charge >= 0.3 is 0 Å². The number of nitrogens with zero attached hydrogens (tertiary/aromatic N) is 3. The summed E-state index contributed by atoms with van der Waals surface area (Å²) in [6.07, 6.45) is 4.98. The summed E-state index contributed by atoms with van der Waals surface area (Å²) in [6.45, 7) is 8.76. The lowest BCUT2D eigenvalue weighted by Gasteiger charge is -2.30. The molecule has 1 N–H and O–H groups in total. The highest BCUT2D eigenvalue weighted by molar-refractivity contribution is 9.10. The maximum atomic E-state index is 4.59. The predicted molar refractivity (Wildman–Crippen MR) is 86.9 cm³/mol. The van der Waals surface area contributed by atoms with Crippen molar-refractivity contribution in [3.63, 3.8) is 0 Å². The number of halogens is 1. The Balaban J connectivity index is 2.00. The smallest absolute Gasteiger partial charge is 0.0767 e. The van der Waals surface area contributed by atoms with Crippen molar-refractivity contribution in [1.29, 1.82) is 0 Å². The zero-order valence-electron chi connectivity index (χ0n) is 13.0. The molecular weight excluding hydrogens is 316 g/mol. The minimum absolute atomic E-state index is 0.654. The van der Waals surface area contributed by atoms with Crippen molar-refractivity contribution in [3.05, 3.63) is 15.9 Å². The van der Waals surface area contributed by atoms with Crippen molar-refractivity contribution < 1.29 is 0 Å². The molecule has 0 bridgehead atoms. The minimum atomic E-state index is 0.654. The van der Waals surface area contributed by atoms with Crippen LogP contribution in [0.25, 0.3) is 0 Å². The fourth-order valence-corrected chi connectivity index (χ4v) is 3.64. The van der Waals surface area contributed by atoms with Crippen molar-refractivity contribution in [2.24, 2.45) is 7.05 Å². The molecule has 0 aromatic carbocycles. The van der Waals surface area contributed by atoms with E-state index < -0.39 is 0 Å². The number of nitrogens with one attached hydrogen (secondary N) is 1. The molecule has 1 fully saturated rings. The zero-order valence-corrected chi connectivity index (χ0v) is 14.5. The molecule has 20 heavy (non-hydrogen) atoms. The van der Waals surface area contributed by atoms with Crippen LogP contribution in [0.4, 0.5) is 0 Å². The Bertz CT molecular complexity index is 424. The van der Waals surface area contributed by atoms with Gasteiger partial charge in [-0.3, -0.25) is 9.58 Å². The van der Waals surface area contributed by atoms with Crippen LogP contribution in [0.2, 0.25) is 0 Å². The van der Waals surface area contributed by atoms with Gasteiger partial charge in [0.15, 0.2) is 0 Å². The molecule has 5 heteroatoms. The number of hydrogen-bond donors (Lipinski definition) is 1. The molecule has 0 saturated carbocycles. The van der Waals surface area contributed by atoms with E-state index in [9.17, 15) is 0 Å². The Morgan fingerprint density at radius 3 is 2.75 bits per heavy atom. The molecule has 2 rings (SSSR count). The Labute approximate surface area is 131 Å².